The normalized spacial score (nSPS) is 12.0. The van der Waals surface area contributed by atoms with Crippen molar-refractivity contribution < 1.29 is 0 Å². The van der Waals surface area contributed by atoms with Crippen LogP contribution in [-0.4, -0.2) is 12.6 Å². The summed E-state index contributed by atoms with van der Waals surface area (Å²) >= 11 is 0. The van der Waals surface area contributed by atoms with Crippen LogP contribution in [0.15, 0.2) is 70.3 Å². The zero-order valence-electron chi connectivity index (χ0n) is 15.0. The highest BCUT2D eigenvalue weighted by Crippen LogP contribution is 2.17. The first-order chi connectivity index (χ1) is 12.6. The summed E-state index contributed by atoms with van der Waals surface area (Å²) in [6.45, 7) is 2.69. The molecule has 3 aromatic rings. The summed E-state index contributed by atoms with van der Waals surface area (Å²) in [7, 11) is 0. The molecule has 2 N–H and O–H groups in total. The average molecular weight is 348 g/mol. The maximum Gasteiger partial charge on any atom is 0.253 e. The van der Waals surface area contributed by atoms with E-state index in [1.165, 1.54) is 11.1 Å². The first-order valence-corrected chi connectivity index (χ1v) is 9.06. The Labute approximate surface area is 153 Å². The Morgan fingerprint density at radius 2 is 1.38 bits per heavy atom. The molecule has 3 rings (SSSR count). The van der Waals surface area contributed by atoms with E-state index in [0.29, 0.717) is 17.9 Å². The molecule has 0 aliphatic carbocycles. The van der Waals surface area contributed by atoms with Crippen molar-refractivity contribution in [1.82, 2.24) is 0 Å². The van der Waals surface area contributed by atoms with Gasteiger partial charge in [0.2, 0.25) is 0 Å². The van der Waals surface area contributed by atoms with Gasteiger partial charge in [-0.25, -0.2) is 0 Å². The van der Waals surface area contributed by atoms with Crippen LogP contribution in [0.1, 0.15) is 24.5 Å². The maximum atomic E-state index is 11.9. The summed E-state index contributed by atoms with van der Waals surface area (Å²) in [5.74, 6) is 0. The third-order valence-electron chi connectivity index (χ3n) is 4.47. The SMILES string of the molecule is C[C@H](Cc1ccccc1)Nc1c(NCCCc2ccccc2)c(=O)c1=O. The van der Waals surface area contributed by atoms with Crippen molar-refractivity contribution >= 4 is 11.4 Å². The third-order valence-corrected chi connectivity index (χ3v) is 4.47. The van der Waals surface area contributed by atoms with Crippen LogP contribution in [0.4, 0.5) is 11.4 Å². The number of hydrogen-bond donors (Lipinski definition) is 2. The van der Waals surface area contributed by atoms with E-state index in [9.17, 15) is 9.59 Å². The van der Waals surface area contributed by atoms with Crippen LogP contribution in [-0.2, 0) is 12.8 Å². The van der Waals surface area contributed by atoms with Gasteiger partial charge in [0.25, 0.3) is 10.9 Å². The van der Waals surface area contributed by atoms with Gasteiger partial charge in [-0.15, -0.1) is 0 Å². The molecule has 0 unspecified atom stereocenters. The number of rotatable bonds is 9. The lowest BCUT2D eigenvalue weighted by atomic mass is 10.1. The monoisotopic (exact) mass is 348 g/mol. The van der Waals surface area contributed by atoms with Gasteiger partial charge in [0.15, 0.2) is 0 Å². The molecular weight excluding hydrogens is 324 g/mol. The maximum absolute atomic E-state index is 11.9. The van der Waals surface area contributed by atoms with Crippen molar-refractivity contribution in [3.63, 3.8) is 0 Å². The molecule has 4 nitrogen and oxygen atoms in total. The van der Waals surface area contributed by atoms with E-state index in [0.717, 1.165) is 19.3 Å². The Morgan fingerprint density at radius 1 is 0.808 bits per heavy atom. The molecule has 0 aromatic heterocycles. The predicted octanol–water partition coefficient (Wildman–Crippen LogP) is 3.37. The molecule has 0 aliphatic rings. The summed E-state index contributed by atoms with van der Waals surface area (Å²) in [5, 5.41) is 6.34. The van der Waals surface area contributed by atoms with Crippen molar-refractivity contribution in [2.24, 2.45) is 0 Å². The summed E-state index contributed by atoms with van der Waals surface area (Å²) in [5.41, 5.74) is 2.49. The van der Waals surface area contributed by atoms with Gasteiger partial charge >= 0.3 is 0 Å². The molecule has 0 amide bonds. The van der Waals surface area contributed by atoms with Gasteiger partial charge in [-0.1, -0.05) is 60.7 Å². The average Bonchev–Trinajstić information content (AvgIpc) is 2.68. The van der Waals surface area contributed by atoms with Crippen LogP contribution in [0.3, 0.4) is 0 Å². The molecule has 134 valence electrons. The minimum absolute atomic E-state index is 0.0746. The second kappa shape index (κ2) is 8.48. The van der Waals surface area contributed by atoms with E-state index < -0.39 is 10.9 Å². The first-order valence-electron chi connectivity index (χ1n) is 9.06. The lowest BCUT2D eigenvalue weighted by molar-refractivity contribution is 0.786. The largest absolute Gasteiger partial charge is 0.380 e. The van der Waals surface area contributed by atoms with Crippen molar-refractivity contribution in [2.75, 3.05) is 17.2 Å². The van der Waals surface area contributed by atoms with Crippen LogP contribution in [0.25, 0.3) is 0 Å². The number of anilines is 2. The quantitative estimate of drug-likeness (QED) is 0.460. The standard InChI is InChI=1S/C22H24N2O2/c1-16(15-18-11-6-3-7-12-18)24-20-19(21(25)22(20)26)23-14-8-13-17-9-4-2-5-10-17/h2-7,9-12,16,23-24H,8,13-15H2,1H3/t16-/m1/s1. The molecule has 0 bridgehead atoms. The van der Waals surface area contributed by atoms with E-state index in [1.807, 2.05) is 43.3 Å². The number of aryl methyl sites for hydroxylation is 1. The highest BCUT2D eigenvalue weighted by atomic mass is 16.2. The van der Waals surface area contributed by atoms with Crippen LogP contribution in [0, 0.1) is 0 Å². The zero-order valence-corrected chi connectivity index (χ0v) is 15.0. The van der Waals surface area contributed by atoms with Crippen molar-refractivity contribution in [3.05, 3.63) is 92.2 Å². The fourth-order valence-corrected chi connectivity index (χ4v) is 3.11. The second-order valence-corrected chi connectivity index (χ2v) is 6.66. The minimum Gasteiger partial charge on any atom is -0.380 e. The Morgan fingerprint density at radius 3 is 2.04 bits per heavy atom. The fourth-order valence-electron chi connectivity index (χ4n) is 3.11. The first kappa shape index (κ1) is 17.9. The van der Waals surface area contributed by atoms with E-state index >= 15 is 0 Å². The summed E-state index contributed by atoms with van der Waals surface area (Å²) in [6, 6.07) is 20.4. The Bertz CT molecular complexity index is 897. The molecule has 1 atom stereocenters. The summed E-state index contributed by atoms with van der Waals surface area (Å²) in [6.07, 6.45) is 2.64. The second-order valence-electron chi connectivity index (χ2n) is 6.66. The van der Waals surface area contributed by atoms with E-state index in [4.69, 9.17) is 0 Å². The van der Waals surface area contributed by atoms with Crippen LogP contribution in [0.2, 0.25) is 0 Å². The van der Waals surface area contributed by atoms with Gasteiger partial charge in [-0.3, -0.25) is 9.59 Å². The molecule has 0 aliphatic heterocycles. The number of nitrogens with one attached hydrogen (secondary N) is 2. The topological polar surface area (TPSA) is 58.2 Å². The van der Waals surface area contributed by atoms with Crippen molar-refractivity contribution in [3.8, 4) is 0 Å². The molecule has 0 fully saturated rings. The molecule has 0 heterocycles. The minimum atomic E-state index is -0.421. The van der Waals surface area contributed by atoms with Crippen molar-refractivity contribution in [1.29, 1.82) is 0 Å². The third kappa shape index (κ3) is 4.39. The molecule has 0 radical (unpaired) electrons. The van der Waals surface area contributed by atoms with Gasteiger partial charge in [-0.2, -0.15) is 0 Å². The Hall–Kier alpha value is -2.88. The highest BCUT2D eigenvalue weighted by Gasteiger charge is 2.21. The van der Waals surface area contributed by atoms with Crippen LogP contribution in [0.5, 0.6) is 0 Å². The number of hydrogen-bond acceptors (Lipinski definition) is 4. The molecular formula is C22H24N2O2. The molecule has 0 spiro atoms. The molecule has 4 heteroatoms. The lowest BCUT2D eigenvalue weighted by Crippen LogP contribution is -2.39. The highest BCUT2D eigenvalue weighted by molar-refractivity contribution is 5.74. The van der Waals surface area contributed by atoms with Crippen LogP contribution < -0.4 is 21.5 Å². The zero-order chi connectivity index (χ0) is 18.4. The van der Waals surface area contributed by atoms with Gasteiger partial charge in [0, 0.05) is 12.6 Å². The van der Waals surface area contributed by atoms with E-state index in [1.54, 1.807) is 0 Å². The lowest BCUT2D eigenvalue weighted by Gasteiger charge is -2.19. The summed E-state index contributed by atoms with van der Waals surface area (Å²) in [4.78, 5) is 23.8. The van der Waals surface area contributed by atoms with Crippen molar-refractivity contribution in [2.45, 2.75) is 32.2 Å². The van der Waals surface area contributed by atoms with E-state index in [2.05, 4.69) is 34.9 Å². The molecule has 0 saturated heterocycles. The number of benzene rings is 2. The Kier molecular flexibility index (Phi) is 5.84. The smallest absolute Gasteiger partial charge is 0.253 e. The van der Waals surface area contributed by atoms with Gasteiger partial charge in [0.05, 0.1) is 0 Å². The molecule has 26 heavy (non-hydrogen) atoms. The fraction of sp³-hybridized carbons (Fsp3) is 0.273. The molecule has 3 aromatic carbocycles. The summed E-state index contributed by atoms with van der Waals surface area (Å²) < 4.78 is 0. The van der Waals surface area contributed by atoms with Gasteiger partial charge in [0.1, 0.15) is 11.4 Å². The molecule has 0 saturated carbocycles. The van der Waals surface area contributed by atoms with Crippen LogP contribution >= 0.6 is 0 Å². The van der Waals surface area contributed by atoms with Gasteiger partial charge in [-0.05, 0) is 37.3 Å². The van der Waals surface area contributed by atoms with E-state index in [-0.39, 0.29) is 6.04 Å². The predicted molar refractivity (Wildman–Crippen MR) is 108 cm³/mol. The van der Waals surface area contributed by atoms with Gasteiger partial charge < -0.3 is 10.6 Å². The Balaban J connectivity index is 1.52.